The molecule has 2 fully saturated rings. The smallest absolute Gasteiger partial charge is 0.307 e. The summed E-state index contributed by atoms with van der Waals surface area (Å²) in [5, 5.41) is 17.8. The van der Waals surface area contributed by atoms with Crippen molar-refractivity contribution < 1.29 is 19.8 Å². The molecule has 2 radical (unpaired) electrons. The van der Waals surface area contributed by atoms with Gasteiger partial charge in [-0.1, -0.05) is 0 Å². The van der Waals surface area contributed by atoms with E-state index in [9.17, 15) is 9.59 Å². The van der Waals surface area contributed by atoms with Crippen molar-refractivity contribution >= 4 is 71.1 Å². The van der Waals surface area contributed by atoms with Crippen molar-refractivity contribution in [3.63, 3.8) is 0 Å². The van der Waals surface area contributed by atoms with Gasteiger partial charge in [0, 0.05) is 59.1 Å². The summed E-state index contributed by atoms with van der Waals surface area (Å²) in [5.74, 6) is -2.89. The first-order chi connectivity index (χ1) is 6.11. The van der Waals surface area contributed by atoms with Crippen molar-refractivity contribution in [2.24, 2.45) is 23.7 Å². The summed E-state index contributed by atoms with van der Waals surface area (Å²) in [4.78, 5) is 21.7. The van der Waals surface area contributed by atoms with Crippen LogP contribution in [0.5, 0.6) is 0 Å². The molecule has 6 heteroatoms. The van der Waals surface area contributed by atoms with Crippen LogP contribution in [0.1, 0.15) is 19.3 Å². The first-order valence-corrected chi connectivity index (χ1v) is 4.57. The van der Waals surface area contributed by atoms with Crippen LogP contribution in [-0.4, -0.2) is 81.3 Å². The van der Waals surface area contributed by atoms with Crippen molar-refractivity contribution in [1.82, 2.24) is 0 Å². The summed E-state index contributed by atoms with van der Waals surface area (Å²) in [5.41, 5.74) is 0. The largest absolute Gasteiger partial charge is 0.481 e. The van der Waals surface area contributed by atoms with Crippen LogP contribution in [0.25, 0.3) is 0 Å². The Morgan fingerprint density at radius 3 is 1.47 bits per heavy atom. The number of carboxylic acids is 2. The van der Waals surface area contributed by atoms with Gasteiger partial charge in [0.05, 0.1) is 11.8 Å². The van der Waals surface area contributed by atoms with Gasteiger partial charge >= 0.3 is 11.9 Å². The van der Waals surface area contributed by atoms with E-state index in [-0.39, 0.29) is 71.0 Å². The Morgan fingerprint density at radius 1 is 0.867 bits per heavy atom. The molecule has 0 aromatic carbocycles. The van der Waals surface area contributed by atoms with E-state index >= 15 is 0 Å². The molecule has 15 heavy (non-hydrogen) atoms. The molecule has 0 aromatic rings. The summed E-state index contributed by atoms with van der Waals surface area (Å²) in [6.45, 7) is 0. The number of rotatable bonds is 2. The predicted molar refractivity (Wildman–Crippen MR) is 54.6 cm³/mol. The van der Waals surface area contributed by atoms with Crippen LogP contribution in [0.2, 0.25) is 0 Å². The van der Waals surface area contributed by atoms with Crippen LogP contribution < -0.4 is 0 Å². The second-order valence-electron chi connectivity index (χ2n) is 4.06. The Kier molecular flexibility index (Phi) is 6.41. The van der Waals surface area contributed by atoms with Gasteiger partial charge < -0.3 is 10.2 Å². The summed E-state index contributed by atoms with van der Waals surface area (Å²) in [7, 11) is 0. The first kappa shape index (κ1) is 15.9. The third-order valence-electron chi connectivity index (χ3n) is 3.49. The molecule has 2 aliphatic rings. The normalized spacial score (nSPS) is 36.5. The average molecular weight is 230 g/mol. The minimum absolute atomic E-state index is 0. The first-order valence-electron chi connectivity index (χ1n) is 4.57. The Balaban J connectivity index is 0.000000980. The van der Waals surface area contributed by atoms with E-state index in [1.165, 1.54) is 0 Å². The van der Waals surface area contributed by atoms with E-state index in [0.717, 1.165) is 19.3 Å². The van der Waals surface area contributed by atoms with Crippen LogP contribution in [0.4, 0.5) is 0 Å². The SMILES string of the molecule is O=C(O)C1C2CCC(C2)C1C(=O)O.[Na].[Na]. The maximum atomic E-state index is 10.8. The molecule has 4 atom stereocenters. The molecular formula is C9H12Na2O4. The number of fused-ring (bicyclic) bond motifs is 2. The van der Waals surface area contributed by atoms with Gasteiger partial charge in [0.1, 0.15) is 0 Å². The van der Waals surface area contributed by atoms with Crippen LogP contribution in [0, 0.1) is 23.7 Å². The topological polar surface area (TPSA) is 74.6 Å². The molecule has 0 saturated heterocycles. The summed E-state index contributed by atoms with van der Waals surface area (Å²) >= 11 is 0. The van der Waals surface area contributed by atoms with Gasteiger partial charge in [0.25, 0.3) is 0 Å². The van der Waals surface area contributed by atoms with Crippen LogP contribution in [0.3, 0.4) is 0 Å². The van der Waals surface area contributed by atoms with E-state index in [4.69, 9.17) is 10.2 Å². The third-order valence-corrected chi connectivity index (χ3v) is 3.49. The van der Waals surface area contributed by atoms with E-state index in [1.807, 2.05) is 0 Å². The monoisotopic (exact) mass is 230 g/mol. The molecule has 0 aliphatic heterocycles. The molecule has 2 bridgehead atoms. The van der Waals surface area contributed by atoms with Gasteiger partial charge in [0.15, 0.2) is 0 Å². The molecule has 0 heterocycles. The molecular weight excluding hydrogens is 218 g/mol. The minimum Gasteiger partial charge on any atom is -0.481 e. The minimum atomic E-state index is -0.931. The van der Waals surface area contributed by atoms with Crippen molar-refractivity contribution in [1.29, 1.82) is 0 Å². The summed E-state index contributed by atoms with van der Waals surface area (Å²) in [6.07, 6.45) is 2.59. The zero-order valence-electron chi connectivity index (χ0n) is 9.14. The quantitative estimate of drug-likeness (QED) is 0.657. The second kappa shape index (κ2) is 6.03. The Bertz CT molecular complexity index is 243. The molecule has 2 aliphatic carbocycles. The molecule has 0 amide bonds. The summed E-state index contributed by atoms with van der Waals surface area (Å²) < 4.78 is 0. The Hall–Kier alpha value is 0.940. The molecule has 4 nitrogen and oxygen atoms in total. The average Bonchev–Trinajstić information content (AvgIpc) is 2.60. The zero-order chi connectivity index (χ0) is 9.59. The van der Waals surface area contributed by atoms with Gasteiger partial charge in [-0.05, 0) is 31.1 Å². The maximum Gasteiger partial charge on any atom is 0.307 e. The second-order valence-corrected chi connectivity index (χ2v) is 4.06. The molecule has 4 unspecified atom stereocenters. The Labute approximate surface area is 132 Å². The third kappa shape index (κ3) is 2.79. The van der Waals surface area contributed by atoms with E-state index in [1.54, 1.807) is 0 Å². The van der Waals surface area contributed by atoms with Gasteiger partial charge in [-0.15, -0.1) is 0 Å². The number of aliphatic carboxylic acids is 2. The van der Waals surface area contributed by atoms with Gasteiger partial charge in [-0.2, -0.15) is 0 Å². The van der Waals surface area contributed by atoms with Gasteiger partial charge in [-0.25, -0.2) is 0 Å². The van der Waals surface area contributed by atoms with Crippen LogP contribution >= 0.6 is 0 Å². The standard InChI is InChI=1S/C9H12O4.2Na/c10-8(11)6-4-1-2-5(3-4)7(6)9(12)13;;/h4-7H,1-3H2,(H,10,11)(H,12,13);;. The number of hydrogen-bond donors (Lipinski definition) is 2. The maximum absolute atomic E-state index is 10.8. The molecule has 2 rings (SSSR count). The predicted octanol–water partition coefficient (Wildman–Crippen LogP) is 0.0563. The fourth-order valence-corrected chi connectivity index (χ4v) is 3.00. The molecule has 74 valence electrons. The number of carbonyl (C=O) groups is 2. The van der Waals surface area contributed by atoms with E-state index in [2.05, 4.69) is 0 Å². The summed E-state index contributed by atoms with van der Waals surface area (Å²) in [6, 6.07) is 0. The fraction of sp³-hybridized carbons (Fsp3) is 0.778. The fourth-order valence-electron chi connectivity index (χ4n) is 3.00. The van der Waals surface area contributed by atoms with Crippen LogP contribution in [-0.2, 0) is 9.59 Å². The molecule has 2 saturated carbocycles. The van der Waals surface area contributed by atoms with Crippen molar-refractivity contribution in [3.05, 3.63) is 0 Å². The van der Waals surface area contributed by atoms with E-state index < -0.39 is 23.8 Å². The van der Waals surface area contributed by atoms with Crippen molar-refractivity contribution in [2.75, 3.05) is 0 Å². The van der Waals surface area contributed by atoms with E-state index in [0.29, 0.717) is 0 Å². The molecule has 0 aromatic heterocycles. The molecule has 0 spiro atoms. The molecule has 2 N–H and O–H groups in total. The Morgan fingerprint density at radius 2 is 1.20 bits per heavy atom. The van der Waals surface area contributed by atoms with Gasteiger partial charge in [-0.3, -0.25) is 9.59 Å². The van der Waals surface area contributed by atoms with Crippen molar-refractivity contribution in [2.45, 2.75) is 19.3 Å². The van der Waals surface area contributed by atoms with Crippen molar-refractivity contribution in [3.8, 4) is 0 Å². The number of carboxylic acid groups (broad SMARTS) is 2. The van der Waals surface area contributed by atoms with Gasteiger partial charge in [0.2, 0.25) is 0 Å². The zero-order valence-corrected chi connectivity index (χ0v) is 13.1. The number of hydrogen-bond acceptors (Lipinski definition) is 2. The van der Waals surface area contributed by atoms with Crippen LogP contribution in [0.15, 0.2) is 0 Å².